The van der Waals surface area contributed by atoms with Crippen LogP contribution in [-0.4, -0.2) is 46.7 Å². The maximum Gasteiger partial charge on any atom is 0.393 e. The first kappa shape index (κ1) is 24.6. The molecule has 0 radical (unpaired) electrons. The van der Waals surface area contributed by atoms with Crippen LogP contribution in [0.5, 0.6) is 0 Å². The maximum absolute atomic E-state index is 13.1. The summed E-state index contributed by atoms with van der Waals surface area (Å²) in [6.45, 7) is 4.31. The van der Waals surface area contributed by atoms with Crippen molar-refractivity contribution in [1.82, 2.24) is 10.2 Å². The summed E-state index contributed by atoms with van der Waals surface area (Å²) in [7, 11) is 0. The van der Waals surface area contributed by atoms with Crippen molar-refractivity contribution in [3.63, 3.8) is 0 Å². The molecule has 1 aliphatic heterocycles. The van der Waals surface area contributed by atoms with Gasteiger partial charge in [0.25, 0.3) is 5.91 Å². The molecule has 0 saturated carbocycles. The van der Waals surface area contributed by atoms with Gasteiger partial charge in [-0.15, -0.1) is 0 Å². The van der Waals surface area contributed by atoms with Crippen molar-refractivity contribution >= 4 is 23.4 Å². The van der Waals surface area contributed by atoms with E-state index in [9.17, 15) is 27.9 Å². The van der Waals surface area contributed by atoms with Crippen LogP contribution in [0.4, 0.5) is 13.2 Å². The molecule has 4 N–H and O–H groups in total. The van der Waals surface area contributed by atoms with Crippen LogP contribution in [-0.2, 0) is 22.7 Å². The predicted molar refractivity (Wildman–Crippen MR) is 106 cm³/mol. The predicted octanol–water partition coefficient (Wildman–Crippen LogP) is 2.60. The molecule has 1 heterocycles. The van der Waals surface area contributed by atoms with Crippen molar-refractivity contribution in [1.29, 1.82) is 0 Å². The summed E-state index contributed by atoms with van der Waals surface area (Å²) in [6, 6.07) is 3.62. The molecule has 168 valence electrons. The molecule has 2 rings (SSSR count). The van der Waals surface area contributed by atoms with E-state index in [0.717, 1.165) is 4.90 Å². The summed E-state index contributed by atoms with van der Waals surface area (Å²) < 4.78 is 39.1. The molecule has 3 atom stereocenters. The lowest BCUT2D eigenvalue weighted by Gasteiger charge is -2.32. The number of benzene rings is 1. The Hall–Kier alpha value is -1.68. The van der Waals surface area contributed by atoms with Crippen LogP contribution in [0.25, 0.3) is 0 Å². The highest BCUT2D eigenvalue weighted by molar-refractivity contribution is 6.30. The van der Waals surface area contributed by atoms with Gasteiger partial charge in [0.1, 0.15) is 6.10 Å². The van der Waals surface area contributed by atoms with Gasteiger partial charge in [-0.3, -0.25) is 14.5 Å². The Morgan fingerprint density at radius 2 is 1.93 bits per heavy atom. The molecule has 1 saturated heterocycles. The second-order valence-corrected chi connectivity index (χ2v) is 9.02. The third-order valence-electron chi connectivity index (χ3n) is 5.19. The lowest BCUT2D eigenvalue weighted by atomic mass is 9.88. The van der Waals surface area contributed by atoms with E-state index in [2.05, 4.69) is 5.32 Å². The van der Waals surface area contributed by atoms with E-state index in [1.54, 1.807) is 39.0 Å². The molecule has 1 aromatic carbocycles. The maximum atomic E-state index is 13.1. The monoisotopic (exact) mass is 449 g/mol. The number of nitrogens with zero attached hydrogens (tertiary/aromatic N) is 1. The van der Waals surface area contributed by atoms with Crippen molar-refractivity contribution in [3.05, 3.63) is 34.3 Å². The molecule has 0 aliphatic carbocycles. The zero-order chi connectivity index (χ0) is 22.9. The number of rotatable bonds is 5. The summed E-state index contributed by atoms with van der Waals surface area (Å²) in [5.74, 6) is -3.38. The SMILES string of the molecule is CC(C)(C)[C@H](O)C(=O)N(Cc1cc(Cl)ccc1CN)C(=O)[C@@H]1C[C@H](C(F)(F)F)CN1. The van der Waals surface area contributed by atoms with Crippen LogP contribution in [0, 0.1) is 11.3 Å². The van der Waals surface area contributed by atoms with Gasteiger partial charge in [-0.25, -0.2) is 0 Å². The largest absolute Gasteiger partial charge is 0.393 e. The number of alkyl halides is 3. The topological polar surface area (TPSA) is 95.7 Å². The van der Waals surface area contributed by atoms with E-state index in [1.807, 2.05) is 0 Å². The van der Waals surface area contributed by atoms with Crippen LogP contribution < -0.4 is 11.1 Å². The molecule has 1 fully saturated rings. The number of hydrogen-bond donors (Lipinski definition) is 3. The van der Waals surface area contributed by atoms with Crippen molar-refractivity contribution in [2.24, 2.45) is 17.1 Å². The van der Waals surface area contributed by atoms with Gasteiger partial charge in [-0.05, 0) is 35.1 Å². The minimum absolute atomic E-state index is 0.113. The standard InChI is InChI=1S/C20H27ClF3N3O3/c1-19(2,3)16(28)18(30)27(10-12-6-14(21)5-4-11(12)8-25)17(29)15-7-13(9-26-15)20(22,23)24/h4-6,13,15-16,26,28H,7-10,25H2,1-3H3/t13-,15-,16+/m0/s1. The summed E-state index contributed by atoms with van der Waals surface area (Å²) in [4.78, 5) is 26.9. The molecular formula is C20H27ClF3N3O3. The van der Waals surface area contributed by atoms with Crippen molar-refractivity contribution in [3.8, 4) is 0 Å². The average molecular weight is 450 g/mol. The van der Waals surface area contributed by atoms with Gasteiger partial charge in [0, 0.05) is 18.1 Å². The number of amides is 2. The van der Waals surface area contributed by atoms with Gasteiger partial charge in [0.15, 0.2) is 0 Å². The summed E-state index contributed by atoms with van der Waals surface area (Å²) in [5.41, 5.74) is 5.96. The fraction of sp³-hybridized carbons (Fsp3) is 0.600. The fourth-order valence-electron chi connectivity index (χ4n) is 3.25. The highest BCUT2D eigenvalue weighted by Crippen LogP contribution is 2.33. The summed E-state index contributed by atoms with van der Waals surface area (Å²) >= 11 is 6.03. The number of nitrogens with two attached hydrogens (primary N) is 1. The molecule has 6 nitrogen and oxygen atoms in total. The van der Waals surface area contributed by atoms with E-state index < -0.39 is 54.4 Å². The Kier molecular flexibility index (Phi) is 7.55. The van der Waals surface area contributed by atoms with E-state index in [0.29, 0.717) is 16.1 Å². The normalized spacial score (nSPS) is 20.8. The van der Waals surface area contributed by atoms with E-state index >= 15 is 0 Å². The first-order chi connectivity index (χ1) is 13.8. The van der Waals surface area contributed by atoms with Crippen molar-refractivity contribution in [2.75, 3.05) is 6.54 Å². The number of carbonyl (C=O) groups excluding carboxylic acids is 2. The third kappa shape index (κ3) is 5.72. The third-order valence-corrected chi connectivity index (χ3v) is 5.43. The van der Waals surface area contributed by atoms with E-state index in [1.165, 1.54) is 0 Å². The number of imide groups is 1. The number of hydrogen-bond acceptors (Lipinski definition) is 5. The Morgan fingerprint density at radius 3 is 2.43 bits per heavy atom. The lowest BCUT2D eigenvalue weighted by Crippen LogP contribution is -2.52. The number of aliphatic hydroxyl groups excluding tert-OH is 1. The number of halogens is 4. The van der Waals surface area contributed by atoms with E-state index in [-0.39, 0.29) is 13.1 Å². The highest BCUT2D eigenvalue weighted by atomic mass is 35.5. The van der Waals surface area contributed by atoms with Crippen LogP contribution in [0.15, 0.2) is 18.2 Å². The number of aliphatic hydroxyl groups is 1. The molecule has 1 aromatic rings. The molecule has 0 unspecified atom stereocenters. The zero-order valence-corrected chi connectivity index (χ0v) is 17.8. The first-order valence-corrected chi connectivity index (χ1v) is 9.94. The second-order valence-electron chi connectivity index (χ2n) is 8.58. The number of nitrogens with one attached hydrogen (secondary N) is 1. The molecule has 0 bridgehead atoms. The molecular weight excluding hydrogens is 423 g/mol. The highest BCUT2D eigenvalue weighted by Gasteiger charge is 2.47. The van der Waals surface area contributed by atoms with Gasteiger partial charge in [-0.2, -0.15) is 13.2 Å². The Labute approximate surface area is 178 Å². The quantitative estimate of drug-likeness (QED) is 0.642. The van der Waals surface area contributed by atoms with Crippen LogP contribution in [0.3, 0.4) is 0 Å². The van der Waals surface area contributed by atoms with Gasteiger partial charge in [0.05, 0.1) is 18.5 Å². The first-order valence-electron chi connectivity index (χ1n) is 9.56. The van der Waals surface area contributed by atoms with Gasteiger partial charge in [0.2, 0.25) is 5.91 Å². The second kappa shape index (κ2) is 9.21. The molecule has 0 spiro atoms. The average Bonchev–Trinajstić information content (AvgIpc) is 3.14. The van der Waals surface area contributed by atoms with Crippen LogP contribution in [0.1, 0.15) is 38.3 Å². The minimum Gasteiger partial charge on any atom is -0.383 e. The molecule has 2 amide bonds. The van der Waals surface area contributed by atoms with Crippen LogP contribution in [0.2, 0.25) is 5.02 Å². The summed E-state index contributed by atoms with van der Waals surface area (Å²) in [5, 5.41) is 13.4. The summed E-state index contributed by atoms with van der Waals surface area (Å²) in [6.07, 6.45) is -6.44. The smallest absolute Gasteiger partial charge is 0.383 e. The molecule has 30 heavy (non-hydrogen) atoms. The number of carbonyl (C=O) groups is 2. The van der Waals surface area contributed by atoms with Crippen LogP contribution >= 0.6 is 11.6 Å². The van der Waals surface area contributed by atoms with Gasteiger partial charge in [-0.1, -0.05) is 38.4 Å². The molecule has 1 aliphatic rings. The Bertz CT molecular complexity index is 796. The lowest BCUT2D eigenvalue weighted by molar-refractivity contribution is -0.169. The van der Waals surface area contributed by atoms with E-state index in [4.69, 9.17) is 17.3 Å². The van der Waals surface area contributed by atoms with Gasteiger partial charge >= 0.3 is 6.18 Å². The Morgan fingerprint density at radius 1 is 1.30 bits per heavy atom. The minimum atomic E-state index is -4.44. The van der Waals surface area contributed by atoms with Crippen molar-refractivity contribution in [2.45, 2.75) is 58.6 Å². The zero-order valence-electron chi connectivity index (χ0n) is 17.1. The van der Waals surface area contributed by atoms with Crippen molar-refractivity contribution < 1.29 is 27.9 Å². The molecule has 0 aromatic heterocycles. The fourth-order valence-corrected chi connectivity index (χ4v) is 3.45. The Balaban J connectivity index is 2.36. The van der Waals surface area contributed by atoms with Gasteiger partial charge < -0.3 is 16.2 Å². The molecule has 10 heteroatoms.